The molecule has 5 nitrogen and oxygen atoms in total. The third-order valence-corrected chi connectivity index (χ3v) is 2.96. The van der Waals surface area contributed by atoms with Crippen molar-refractivity contribution >= 4 is 6.29 Å². The minimum atomic E-state index is 0.413. The lowest BCUT2D eigenvalue weighted by Gasteiger charge is -2.12. The first-order chi connectivity index (χ1) is 9.78. The fraction of sp³-hybridized carbons (Fsp3) is 0.333. The van der Waals surface area contributed by atoms with E-state index in [9.17, 15) is 4.79 Å². The van der Waals surface area contributed by atoms with E-state index >= 15 is 0 Å². The van der Waals surface area contributed by atoms with E-state index in [4.69, 9.17) is 9.47 Å². The highest BCUT2D eigenvalue weighted by Gasteiger charge is 2.08. The summed E-state index contributed by atoms with van der Waals surface area (Å²) in [5.74, 6) is 1.17. The van der Waals surface area contributed by atoms with E-state index in [0.717, 1.165) is 24.9 Å². The number of rotatable bonds is 7. The summed E-state index contributed by atoms with van der Waals surface area (Å²) >= 11 is 0. The maximum absolute atomic E-state index is 10.7. The molecule has 0 N–H and O–H groups in total. The third kappa shape index (κ3) is 3.17. The van der Waals surface area contributed by atoms with Crippen molar-refractivity contribution in [3.05, 3.63) is 42.0 Å². The molecule has 0 atom stereocenters. The molecule has 0 aliphatic carbocycles. The summed E-state index contributed by atoms with van der Waals surface area (Å²) in [6.07, 6.45) is 5.42. The molecule has 2 rings (SSSR count). The minimum Gasteiger partial charge on any atom is -0.493 e. The van der Waals surface area contributed by atoms with Gasteiger partial charge in [-0.2, -0.15) is 0 Å². The number of aromatic nitrogens is 2. The molecule has 0 fully saturated rings. The summed E-state index contributed by atoms with van der Waals surface area (Å²) in [6.45, 7) is 3.45. The van der Waals surface area contributed by atoms with Crippen molar-refractivity contribution in [1.29, 1.82) is 0 Å². The average Bonchev–Trinajstić information content (AvgIpc) is 2.92. The Kier molecular flexibility index (Phi) is 4.76. The standard InChI is InChI=1S/C15H18N2O3/c1-3-6-17-11-16-8-13(17)10-20-14-5-4-12(9-18)7-15(14)19-2/h4-5,7-9,11H,3,6,10H2,1-2H3. The Bertz CT molecular complexity index is 578. The van der Waals surface area contributed by atoms with Gasteiger partial charge < -0.3 is 14.0 Å². The van der Waals surface area contributed by atoms with Crippen LogP contribution >= 0.6 is 0 Å². The predicted octanol–water partition coefficient (Wildman–Crippen LogP) is 2.69. The number of imidazole rings is 1. The number of carbonyl (C=O) groups is 1. The summed E-state index contributed by atoms with van der Waals surface area (Å²) < 4.78 is 13.0. The molecule has 0 aliphatic heterocycles. The minimum absolute atomic E-state index is 0.413. The Morgan fingerprint density at radius 3 is 2.90 bits per heavy atom. The van der Waals surface area contributed by atoms with Gasteiger partial charge in [0, 0.05) is 12.1 Å². The van der Waals surface area contributed by atoms with E-state index in [-0.39, 0.29) is 0 Å². The molecule has 1 aromatic carbocycles. The lowest BCUT2D eigenvalue weighted by atomic mass is 10.2. The van der Waals surface area contributed by atoms with Crippen molar-refractivity contribution in [1.82, 2.24) is 9.55 Å². The van der Waals surface area contributed by atoms with Crippen LogP contribution in [0.5, 0.6) is 11.5 Å². The monoisotopic (exact) mass is 274 g/mol. The fourth-order valence-electron chi connectivity index (χ4n) is 1.94. The Labute approximate surface area is 118 Å². The van der Waals surface area contributed by atoms with Gasteiger partial charge in [-0.1, -0.05) is 6.92 Å². The highest BCUT2D eigenvalue weighted by molar-refractivity contribution is 5.76. The Morgan fingerprint density at radius 2 is 2.20 bits per heavy atom. The molecule has 2 aromatic rings. The van der Waals surface area contributed by atoms with Crippen LogP contribution in [0.15, 0.2) is 30.7 Å². The highest BCUT2D eigenvalue weighted by Crippen LogP contribution is 2.28. The van der Waals surface area contributed by atoms with Crippen molar-refractivity contribution in [3.63, 3.8) is 0 Å². The molecule has 106 valence electrons. The highest BCUT2D eigenvalue weighted by atomic mass is 16.5. The van der Waals surface area contributed by atoms with E-state index < -0.39 is 0 Å². The number of carbonyl (C=O) groups excluding carboxylic acids is 1. The van der Waals surface area contributed by atoms with Crippen molar-refractivity contribution in [2.24, 2.45) is 0 Å². The lowest BCUT2D eigenvalue weighted by molar-refractivity contribution is 0.112. The van der Waals surface area contributed by atoms with Crippen LogP contribution in [0.1, 0.15) is 29.4 Å². The number of aldehydes is 1. The zero-order valence-corrected chi connectivity index (χ0v) is 11.7. The fourth-order valence-corrected chi connectivity index (χ4v) is 1.94. The van der Waals surface area contributed by atoms with Gasteiger partial charge >= 0.3 is 0 Å². The van der Waals surface area contributed by atoms with Gasteiger partial charge in [0.2, 0.25) is 0 Å². The second kappa shape index (κ2) is 6.75. The van der Waals surface area contributed by atoms with E-state index in [0.29, 0.717) is 23.7 Å². The van der Waals surface area contributed by atoms with Crippen molar-refractivity contribution in [3.8, 4) is 11.5 Å². The Balaban J connectivity index is 2.10. The molecule has 0 bridgehead atoms. The summed E-state index contributed by atoms with van der Waals surface area (Å²) in [4.78, 5) is 14.9. The maximum Gasteiger partial charge on any atom is 0.161 e. The van der Waals surface area contributed by atoms with Gasteiger partial charge in [-0.05, 0) is 24.6 Å². The zero-order chi connectivity index (χ0) is 14.4. The number of hydrogen-bond acceptors (Lipinski definition) is 4. The number of aryl methyl sites for hydroxylation is 1. The molecule has 0 saturated carbocycles. The van der Waals surface area contributed by atoms with Crippen LogP contribution in [-0.2, 0) is 13.2 Å². The average molecular weight is 274 g/mol. The molecule has 1 aromatic heterocycles. The summed E-state index contributed by atoms with van der Waals surface area (Å²) in [5.41, 5.74) is 1.57. The molecule has 0 spiro atoms. The van der Waals surface area contributed by atoms with Crippen molar-refractivity contribution in [2.45, 2.75) is 26.5 Å². The van der Waals surface area contributed by atoms with Crippen LogP contribution < -0.4 is 9.47 Å². The molecular weight excluding hydrogens is 256 g/mol. The maximum atomic E-state index is 10.7. The first-order valence-electron chi connectivity index (χ1n) is 6.53. The molecule has 0 aliphatic rings. The van der Waals surface area contributed by atoms with Crippen LogP contribution in [0.25, 0.3) is 0 Å². The number of hydrogen-bond donors (Lipinski definition) is 0. The summed E-state index contributed by atoms with van der Waals surface area (Å²) in [5, 5.41) is 0. The lowest BCUT2D eigenvalue weighted by Crippen LogP contribution is -2.05. The van der Waals surface area contributed by atoms with Gasteiger partial charge in [0.15, 0.2) is 11.5 Å². The van der Waals surface area contributed by atoms with Crippen LogP contribution in [-0.4, -0.2) is 22.9 Å². The zero-order valence-electron chi connectivity index (χ0n) is 11.7. The molecule has 0 saturated heterocycles. The van der Waals surface area contributed by atoms with Crippen LogP contribution in [0, 0.1) is 0 Å². The molecule has 20 heavy (non-hydrogen) atoms. The quantitative estimate of drug-likeness (QED) is 0.728. The normalized spacial score (nSPS) is 10.3. The van der Waals surface area contributed by atoms with E-state index in [1.54, 1.807) is 37.8 Å². The number of methoxy groups -OCH3 is 1. The van der Waals surface area contributed by atoms with Gasteiger partial charge in [-0.25, -0.2) is 4.98 Å². The summed E-state index contributed by atoms with van der Waals surface area (Å²) in [6, 6.07) is 5.10. The van der Waals surface area contributed by atoms with E-state index in [1.165, 1.54) is 0 Å². The van der Waals surface area contributed by atoms with Gasteiger partial charge in [-0.3, -0.25) is 4.79 Å². The second-order valence-electron chi connectivity index (χ2n) is 4.40. The van der Waals surface area contributed by atoms with Crippen LogP contribution in [0.4, 0.5) is 0 Å². The second-order valence-corrected chi connectivity index (χ2v) is 4.40. The smallest absolute Gasteiger partial charge is 0.161 e. The number of benzene rings is 1. The van der Waals surface area contributed by atoms with Gasteiger partial charge in [0.05, 0.1) is 25.3 Å². The number of ether oxygens (including phenoxy) is 2. The Morgan fingerprint density at radius 1 is 1.35 bits per heavy atom. The first kappa shape index (κ1) is 14.1. The van der Waals surface area contributed by atoms with E-state index in [2.05, 4.69) is 16.5 Å². The van der Waals surface area contributed by atoms with Crippen LogP contribution in [0.3, 0.4) is 0 Å². The van der Waals surface area contributed by atoms with Crippen molar-refractivity contribution < 1.29 is 14.3 Å². The molecular formula is C15H18N2O3. The van der Waals surface area contributed by atoms with Gasteiger partial charge in [-0.15, -0.1) is 0 Å². The van der Waals surface area contributed by atoms with Gasteiger partial charge in [0.1, 0.15) is 12.9 Å². The van der Waals surface area contributed by atoms with E-state index in [1.807, 2.05) is 0 Å². The first-order valence-corrected chi connectivity index (χ1v) is 6.53. The van der Waals surface area contributed by atoms with Crippen LogP contribution in [0.2, 0.25) is 0 Å². The van der Waals surface area contributed by atoms with Crippen molar-refractivity contribution in [2.75, 3.05) is 7.11 Å². The molecule has 0 amide bonds. The molecule has 0 radical (unpaired) electrons. The third-order valence-electron chi connectivity index (χ3n) is 2.96. The topological polar surface area (TPSA) is 53.4 Å². The largest absolute Gasteiger partial charge is 0.493 e. The van der Waals surface area contributed by atoms with Gasteiger partial charge in [0.25, 0.3) is 0 Å². The molecule has 1 heterocycles. The SMILES string of the molecule is CCCn1cncc1COc1ccc(C=O)cc1OC. The molecule has 0 unspecified atom stereocenters. The molecule has 5 heteroatoms. The number of nitrogens with zero attached hydrogens (tertiary/aromatic N) is 2. The summed E-state index contributed by atoms with van der Waals surface area (Å²) in [7, 11) is 1.55. The predicted molar refractivity (Wildman–Crippen MR) is 75.2 cm³/mol. The Hall–Kier alpha value is -2.30.